The van der Waals surface area contributed by atoms with Crippen LogP contribution >= 0.6 is 0 Å². The van der Waals surface area contributed by atoms with Crippen LogP contribution in [0.1, 0.15) is 41.7 Å². The highest BCUT2D eigenvalue weighted by molar-refractivity contribution is 5.25. The zero-order valence-corrected chi connectivity index (χ0v) is 14.6. The number of ether oxygens (including phenoxy) is 3. The lowest BCUT2D eigenvalue weighted by Crippen LogP contribution is -2.33. The molecule has 24 heavy (non-hydrogen) atoms. The minimum atomic E-state index is -0.201. The predicted octanol–water partition coefficient (Wildman–Crippen LogP) is 4.82. The second kappa shape index (κ2) is 7.93. The largest absolute Gasteiger partial charge is 0.366 e. The van der Waals surface area contributed by atoms with E-state index in [4.69, 9.17) is 14.2 Å². The topological polar surface area (TPSA) is 27.7 Å². The monoisotopic (exact) mass is 326 g/mol. The Labute approximate surface area is 144 Å². The van der Waals surface area contributed by atoms with Crippen LogP contribution in [0.3, 0.4) is 0 Å². The van der Waals surface area contributed by atoms with Gasteiger partial charge in [-0.05, 0) is 30.9 Å². The molecule has 1 saturated heterocycles. The highest BCUT2D eigenvalue weighted by Gasteiger charge is 2.35. The van der Waals surface area contributed by atoms with Gasteiger partial charge in [-0.3, -0.25) is 0 Å². The fourth-order valence-electron chi connectivity index (χ4n) is 3.54. The van der Waals surface area contributed by atoms with E-state index < -0.39 is 0 Å². The summed E-state index contributed by atoms with van der Waals surface area (Å²) in [6, 6.07) is 19.0. The van der Waals surface area contributed by atoms with Gasteiger partial charge in [-0.15, -0.1) is 0 Å². The molecule has 128 valence electrons. The molecule has 2 aromatic carbocycles. The van der Waals surface area contributed by atoms with Gasteiger partial charge >= 0.3 is 0 Å². The van der Waals surface area contributed by atoms with Gasteiger partial charge in [-0.1, -0.05) is 60.2 Å². The number of methoxy groups -OCH3 is 2. The van der Waals surface area contributed by atoms with Gasteiger partial charge in [0.05, 0.1) is 12.2 Å². The number of rotatable bonds is 5. The van der Waals surface area contributed by atoms with Crippen molar-refractivity contribution in [2.24, 2.45) is 5.92 Å². The van der Waals surface area contributed by atoms with Crippen molar-refractivity contribution < 1.29 is 14.2 Å². The van der Waals surface area contributed by atoms with Crippen LogP contribution in [0.5, 0.6) is 0 Å². The van der Waals surface area contributed by atoms with E-state index in [1.54, 1.807) is 14.2 Å². The lowest BCUT2D eigenvalue weighted by molar-refractivity contribution is -0.181. The summed E-state index contributed by atoms with van der Waals surface area (Å²) in [5.41, 5.74) is 3.69. The fourth-order valence-corrected chi connectivity index (χ4v) is 3.54. The Morgan fingerprint density at radius 3 is 1.92 bits per heavy atom. The van der Waals surface area contributed by atoms with E-state index >= 15 is 0 Å². The Morgan fingerprint density at radius 2 is 1.38 bits per heavy atom. The first-order chi connectivity index (χ1) is 11.7. The van der Waals surface area contributed by atoms with Crippen LogP contribution in [0, 0.1) is 12.8 Å². The molecule has 0 amide bonds. The van der Waals surface area contributed by atoms with E-state index in [9.17, 15) is 0 Å². The molecular formula is C21H26O3. The summed E-state index contributed by atoms with van der Waals surface area (Å²) in [5.74, 6) is 0.297. The summed E-state index contributed by atoms with van der Waals surface area (Å²) in [4.78, 5) is 0. The van der Waals surface area contributed by atoms with E-state index in [1.807, 2.05) is 6.07 Å². The first-order valence-corrected chi connectivity index (χ1v) is 8.54. The molecule has 0 bridgehead atoms. The Bertz CT molecular complexity index is 619. The molecule has 0 unspecified atom stereocenters. The summed E-state index contributed by atoms with van der Waals surface area (Å²) in [5, 5.41) is 0. The molecule has 1 aliphatic heterocycles. The van der Waals surface area contributed by atoms with Gasteiger partial charge in [-0.25, -0.2) is 0 Å². The molecule has 3 atom stereocenters. The minimum Gasteiger partial charge on any atom is -0.366 e. The number of benzene rings is 2. The highest BCUT2D eigenvalue weighted by Crippen LogP contribution is 2.43. The normalized spacial score (nSPS) is 24.2. The molecule has 1 fully saturated rings. The van der Waals surface area contributed by atoms with Crippen molar-refractivity contribution in [1.29, 1.82) is 0 Å². The van der Waals surface area contributed by atoms with Crippen molar-refractivity contribution in [3.05, 3.63) is 71.3 Å². The van der Waals surface area contributed by atoms with E-state index in [0.29, 0.717) is 5.92 Å². The van der Waals surface area contributed by atoms with Crippen LogP contribution < -0.4 is 0 Å². The van der Waals surface area contributed by atoms with Gasteiger partial charge in [0.1, 0.15) is 0 Å². The average molecular weight is 326 g/mol. The molecule has 3 rings (SSSR count). The second-order valence-corrected chi connectivity index (χ2v) is 6.51. The Morgan fingerprint density at radius 1 is 0.833 bits per heavy atom. The lowest BCUT2D eigenvalue weighted by atomic mass is 9.86. The van der Waals surface area contributed by atoms with Crippen molar-refractivity contribution in [1.82, 2.24) is 0 Å². The number of hydrogen-bond donors (Lipinski definition) is 0. The Kier molecular flexibility index (Phi) is 5.67. The Hall–Kier alpha value is -1.68. The number of aryl methyl sites for hydroxylation is 1. The third kappa shape index (κ3) is 3.86. The lowest BCUT2D eigenvalue weighted by Gasteiger charge is -2.38. The summed E-state index contributed by atoms with van der Waals surface area (Å²) in [6.45, 7) is 2.10. The zero-order chi connectivity index (χ0) is 16.9. The van der Waals surface area contributed by atoms with Gasteiger partial charge in [0.15, 0.2) is 6.29 Å². The van der Waals surface area contributed by atoms with Crippen molar-refractivity contribution >= 4 is 0 Å². The van der Waals surface area contributed by atoms with E-state index in [2.05, 4.69) is 55.5 Å². The van der Waals surface area contributed by atoms with Crippen molar-refractivity contribution in [2.45, 2.75) is 38.3 Å². The molecule has 0 radical (unpaired) electrons. The summed E-state index contributed by atoms with van der Waals surface area (Å²) >= 11 is 0. The van der Waals surface area contributed by atoms with Gasteiger partial charge in [0, 0.05) is 20.1 Å². The second-order valence-electron chi connectivity index (χ2n) is 6.51. The van der Waals surface area contributed by atoms with Gasteiger partial charge in [0.25, 0.3) is 0 Å². The summed E-state index contributed by atoms with van der Waals surface area (Å²) in [6.07, 6.45) is 1.72. The maximum atomic E-state index is 6.46. The highest BCUT2D eigenvalue weighted by atomic mass is 16.7. The smallest absolute Gasteiger partial charge is 0.159 e. The fraction of sp³-hybridized carbons (Fsp3) is 0.429. The summed E-state index contributed by atoms with van der Waals surface area (Å²) in [7, 11) is 3.42. The molecule has 0 spiro atoms. The molecule has 2 aromatic rings. The minimum absolute atomic E-state index is 0.0577. The van der Waals surface area contributed by atoms with E-state index in [-0.39, 0.29) is 18.5 Å². The first-order valence-electron chi connectivity index (χ1n) is 8.54. The van der Waals surface area contributed by atoms with Gasteiger partial charge in [-0.2, -0.15) is 0 Å². The SMILES string of the molecule is COC(OC)[C@@H]1C[C@@H](c2ccccc2)O[C@H](c2ccc(C)cc2)C1. The third-order valence-corrected chi connectivity index (χ3v) is 4.83. The van der Waals surface area contributed by atoms with Crippen molar-refractivity contribution in [2.75, 3.05) is 14.2 Å². The molecule has 0 aromatic heterocycles. The molecular weight excluding hydrogens is 300 g/mol. The maximum Gasteiger partial charge on any atom is 0.159 e. The molecule has 3 nitrogen and oxygen atoms in total. The van der Waals surface area contributed by atoms with E-state index in [0.717, 1.165) is 12.8 Å². The molecule has 0 N–H and O–H groups in total. The van der Waals surface area contributed by atoms with Gasteiger partial charge in [0.2, 0.25) is 0 Å². The van der Waals surface area contributed by atoms with Crippen LogP contribution in [0.15, 0.2) is 54.6 Å². The molecule has 0 saturated carbocycles. The standard InChI is InChI=1S/C21H26O3/c1-15-9-11-17(12-10-15)20-14-18(21(22-2)23-3)13-19(24-20)16-7-5-4-6-8-16/h4-12,18-21H,13-14H2,1-3H3/t18-,19+,20+/m1/s1. The van der Waals surface area contributed by atoms with Crippen LogP contribution in [-0.2, 0) is 14.2 Å². The molecule has 3 heteroatoms. The van der Waals surface area contributed by atoms with Crippen LogP contribution in [0.2, 0.25) is 0 Å². The molecule has 1 heterocycles. The summed E-state index contributed by atoms with van der Waals surface area (Å²) < 4.78 is 17.6. The van der Waals surface area contributed by atoms with Crippen LogP contribution in [0.25, 0.3) is 0 Å². The van der Waals surface area contributed by atoms with E-state index in [1.165, 1.54) is 16.7 Å². The van der Waals surface area contributed by atoms with Crippen molar-refractivity contribution in [3.8, 4) is 0 Å². The predicted molar refractivity (Wildman–Crippen MR) is 94.7 cm³/mol. The van der Waals surface area contributed by atoms with Crippen LogP contribution in [0.4, 0.5) is 0 Å². The molecule has 1 aliphatic rings. The van der Waals surface area contributed by atoms with Crippen molar-refractivity contribution in [3.63, 3.8) is 0 Å². The Balaban J connectivity index is 1.86. The average Bonchev–Trinajstić information content (AvgIpc) is 2.64. The first kappa shape index (κ1) is 17.2. The maximum absolute atomic E-state index is 6.46. The quantitative estimate of drug-likeness (QED) is 0.737. The van der Waals surface area contributed by atoms with Crippen LogP contribution in [-0.4, -0.2) is 20.5 Å². The molecule has 0 aliphatic carbocycles. The number of hydrogen-bond acceptors (Lipinski definition) is 3. The van der Waals surface area contributed by atoms with Gasteiger partial charge < -0.3 is 14.2 Å². The third-order valence-electron chi connectivity index (χ3n) is 4.83. The zero-order valence-electron chi connectivity index (χ0n) is 14.6.